The molecule has 3 rings (SSSR count). The predicted octanol–water partition coefficient (Wildman–Crippen LogP) is 1.46. The van der Waals surface area contributed by atoms with Crippen LogP contribution in [0.25, 0.3) is 0 Å². The summed E-state index contributed by atoms with van der Waals surface area (Å²) in [6.07, 6.45) is 3.67. The van der Waals surface area contributed by atoms with Crippen LogP contribution in [0, 0.1) is 0 Å². The quantitative estimate of drug-likeness (QED) is 0.922. The van der Waals surface area contributed by atoms with Gasteiger partial charge in [0.05, 0.1) is 19.0 Å². The first kappa shape index (κ1) is 16.2. The highest BCUT2D eigenvalue weighted by molar-refractivity contribution is 5.74. The van der Waals surface area contributed by atoms with Gasteiger partial charge in [0, 0.05) is 51.5 Å². The summed E-state index contributed by atoms with van der Waals surface area (Å²) >= 11 is 0. The Balaban J connectivity index is 1.52. The Labute approximate surface area is 141 Å². The second-order valence-corrected chi connectivity index (χ2v) is 5.83. The SMILES string of the molecule is COc1ccccc1N1CCN(C(=O)NCc2cnn(C)c2)CC1. The molecule has 2 heterocycles. The van der Waals surface area contributed by atoms with Gasteiger partial charge in [-0.15, -0.1) is 0 Å². The van der Waals surface area contributed by atoms with Gasteiger partial charge in [-0.2, -0.15) is 5.10 Å². The minimum absolute atomic E-state index is 0.0291. The second-order valence-electron chi connectivity index (χ2n) is 5.83. The largest absolute Gasteiger partial charge is 0.495 e. The van der Waals surface area contributed by atoms with Gasteiger partial charge in [0.15, 0.2) is 0 Å². The molecule has 1 N–H and O–H groups in total. The molecular weight excluding hydrogens is 306 g/mol. The van der Waals surface area contributed by atoms with E-state index in [2.05, 4.69) is 21.4 Å². The molecule has 0 radical (unpaired) electrons. The molecule has 1 saturated heterocycles. The van der Waals surface area contributed by atoms with Crippen molar-refractivity contribution in [3.8, 4) is 5.75 Å². The maximum absolute atomic E-state index is 12.3. The number of amides is 2. The first-order valence-electron chi connectivity index (χ1n) is 8.05. The number of rotatable bonds is 4. The van der Waals surface area contributed by atoms with Crippen LogP contribution in [0.3, 0.4) is 0 Å². The first-order chi connectivity index (χ1) is 11.7. The fourth-order valence-corrected chi connectivity index (χ4v) is 2.89. The molecule has 2 aromatic rings. The topological polar surface area (TPSA) is 62.6 Å². The lowest BCUT2D eigenvalue weighted by molar-refractivity contribution is 0.194. The molecule has 0 saturated carbocycles. The Kier molecular flexibility index (Phi) is 4.88. The van der Waals surface area contributed by atoms with Gasteiger partial charge in [-0.3, -0.25) is 4.68 Å². The molecule has 0 spiro atoms. The standard InChI is InChI=1S/C17H23N5O2/c1-20-13-14(12-19-20)11-18-17(23)22-9-7-21(8-10-22)15-5-3-4-6-16(15)24-2/h3-6,12-13H,7-11H2,1-2H3,(H,18,23). The summed E-state index contributed by atoms with van der Waals surface area (Å²) in [6, 6.07) is 7.95. The summed E-state index contributed by atoms with van der Waals surface area (Å²) in [5, 5.41) is 7.05. The highest BCUT2D eigenvalue weighted by atomic mass is 16.5. The molecule has 7 nitrogen and oxygen atoms in total. The zero-order valence-corrected chi connectivity index (χ0v) is 14.1. The number of piperazine rings is 1. The number of aromatic nitrogens is 2. The van der Waals surface area contributed by atoms with Crippen LogP contribution in [0.4, 0.5) is 10.5 Å². The van der Waals surface area contributed by atoms with Crippen molar-refractivity contribution in [1.82, 2.24) is 20.0 Å². The highest BCUT2D eigenvalue weighted by Crippen LogP contribution is 2.28. The second kappa shape index (κ2) is 7.25. The Hall–Kier alpha value is -2.70. The molecule has 1 aromatic carbocycles. The summed E-state index contributed by atoms with van der Waals surface area (Å²) in [4.78, 5) is 16.4. The fraction of sp³-hybridized carbons (Fsp3) is 0.412. The van der Waals surface area contributed by atoms with Crippen LogP contribution in [0.1, 0.15) is 5.56 Å². The minimum atomic E-state index is -0.0291. The van der Waals surface area contributed by atoms with Gasteiger partial charge < -0.3 is 19.9 Å². The smallest absolute Gasteiger partial charge is 0.317 e. The summed E-state index contributed by atoms with van der Waals surface area (Å²) in [5.41, 5.74) is 2.08. The average Bonchev–Trinajstić information content (AvgIpc) is 3.05. The Morgan fingerprint density at radius 2 is 2.00 bits per heavy atom. The van der Waals surface area contributed by atoms with Crippen molar-refractivity contribution in [3.05, 3.63) is 42.2 Å². The summed E-state index contributed by atoms with van der Waals surface area (Å²) in [6.45, 7) is 3.47. The third-order valence-corrected chi connectivity index (χ3v) is 4.19. The molecule has 0 aliphatic carbocycles. The van der Waals surface area contributed by atoms with E-state index in [1.54, 1.807) is 18.0 Å². The monoisotopic (exact) mass is 329 g/mol. The van der Waals surface area contributed by atoms with Crippen LogP contribution in [0.2, 0.25) is 0 Å². The van der Waals surface area contributed by atoms with Crippen molar-refractivity contribution < 1.29 is 9.53 Å². The number of anilines is 1. The van der Waals surface area contributed by atoms with E-state index in [1.807, 2.05) is 36.3 Å². The van der Waals surface area contributed by atoms with Crippen LogP contribution in [-0.4, -0.2) is 54.0 Å². The molecule has 0 atom stereocenters. The molecule has 1 aliphatic rings. The zero-order chi connectivity index (χ0) is 16.9. The van der Waals surface area contributed by atoms with Crippen LogP contribution in [0.15, 0.2) is 36.7 Å². The van der Waals surface area contributed by atoms with Gasteiger partial charge in [0.2, 0.25) is 0 Å². The number of carbonyl (C=O) groups excluding carboxylic acids is 1. The van der Waals surface area contributed by atoms with Crippen molar-refractivity contribution in [3.63, 3.8) is 0 Å². The van der Waals surface area contributed by atoms with Crippen molar-refractivity contribution in [1.29, 1.82) is 0 Å². The van der Waals surface area contributed by atoms with Gasteiger partial charge in [0.25, 0.3) is 0 Å². The third-order valence-electron chi connectivity index (χ3n) is 4.19. The van der Waals surface area contributed by atoms with E-state index in [9.17, 15) is 4.79 Å². The summed E-state index contributed by atoms with van der Waals surface area (Å²) in [5.74, 6) is 0.868. The summed E-state index contributed by atoms with van der Waals surface area (Å²) in [7, 11) is 3.55. The number of benzene rings is 1. The molecule has 0 unspecified atom stereocenters. The number of hydrogen-bond donors (Lipinski definition) is 1. The number of aryl methyl sites for hydroxylation is 1. The van der Waals surface area contributed by atoms with Gasteiger partial charge in [-0.05, 0) is 12.1 Å². The first-order valence-corrected chi connectivity index (χ1v) is 8.05. The Morgan fingerprint density at radius 1 is 1.25 bits per heavy atom. The highest BCUT2D eigenvalue weighted by Gasteiger charge is 2.22. The van der Waals surface area contributed by atoms with E-state index < -0.39 is 0 Å². The molecule has 1 aliphatic heterocycles. The van der Waals surface area contributed by atoms with Crippen molar-refractivity contribution in [2.45, 2.75) is 6.54 Å². The van der Waals surface area contributed by atoms with E-state index in [0.717, 1.165) is 30.1 Å². The number of ether oxygens (including phenoxy) is 1. The lowest BCUT2D eigenvalue weighted by atomic mass is 10.2. The van der Waals surface area contributed by atoms with Gasteiger partial charge in [-0.25, -0.2) is 4.79 Å². The molecule has 1 fully saturated rings. The molecule has 1 aromatic heterocycles. The number of urea groups is 1. The number of nitrogens with zero attached hydrogens (tertiary/aromatic N) is 4. The lowest BCUT2D eigenvalue weighted by Gasteiger charge is -2.36. The molecule has 2 amide bonds. The van der Waals surface area contributed by atoms with Crippen LogP contribution >= 0.6 is 0 Å². The van der Waals surface area contributed by atoms with Crippen molar-refractivity contribution in [2.75, 3.05) is 38.2 Å². The number of nitrogens with one attached hydrogen (secondary N) is 1. The maximum Gasteiger partial charge on any atom is 0.317 e. The normalized spacial score (nSPS) is 14.6. The van der Waals surface area contributed by atoms with E-state index in [4.69, 9.17) is 4.74 Å². The number of carbonyl (C=O) groups is 1. The molecule has 128 valence electrons. The van der Waals surface area contributed by atoms with Gasteiger partial charge >= 0.3 is 6.03 Å². The van der Waals surface area contributed by atoms with Gasteiger partial charge in [-0.1, -0.05) is 12.1 Å². The Morgan fingerprint density at radius 3 is 2.67 bits per heavy atom. The molecule has 24 heavy (non-hydrogen) atoms. The third kappa shape index (κ3) is 3.61. The van der Waals surface area contributed by atoms with Crippen molar-refractivity contribution in [2.24, 2.45) is 7.05 Å². The Bertz CT molecular complexity index is 692. The lowest BCUT2D eigenvalue weighted by Crippen LogP contribution is -2.51. The van der Waals surface area contributed by atoms with E-state index in [-0.39, 0.29) is 6.03 Å². The van der Waals surface area contributed by atoms with E-state index in [1.165, 1.54) is 0 Å². The minimum Gasteiger partial charge on any atom is -0.495 e. The molecular formula is C17H23N5O2. The molecule has 7 heteroatoms. The average molecular weight is 329 g/mol. The summed E-state index contributed by atoms with van der Waals surface area (Å²) < 4.78 is 7.15. The maximum atomic E-state index is 12.3. The van der Waals surface area contributed by atoms with E-state index in [0.29, 0.717) is 19.6 Å². The predicted molar refractivity (Wildman–Crippen MR) is 92.2 cm³/mol. The molecule has 0 bridgehead atoms. The number of hydrogen-bond acceptors (Lipinski definition) is 4. The van der Waals surface area contributed by atoms with Crippen LogP contribution in [-0.2, 0) is 13.6 Å². The van der Waals surface area contributed by atoms with Crippen molar-refractivity contribution >= 4 is 11.7 Å². The number of para-hydroxylation sites is 2. The van der Waals surface area contributed by atoms with Crippen LogP contribution in [0.5, 0.6) is 5.75 Å². The zero-order valence-electron chi connectivity index (χ0n) is 14.1. The number of methoxy groups -OCH3 is 1. The van der Waals surface area contributed by atoms with Gasteiger partial charge in [0.1, 0.15) is 5.75 Å². The fourth-order valence-electron chi connectivity index (χ4n) is 2.89. The van der Waals surface area contributed by atoms with Crippen LogP contribution < -0.4 is 15.0 Å². The van der Waals surface area contributed by atoms with E-state index >= 15 is 0 Å².